The Balaban J connectivity index is 2.15. The predicted molar refractivity (Wildman–Crippen MR) is 121 cm³/mol. The van der Waals surface area contributed by atoms with Crippen LogP contribution in [0.1, 0.15) is 13.3 Å². The van der Waals surface area contributed by atoms with Crippen LogP contribution in [0.15, 0.2) is 66.1 Å². The SMILES string of the molecule is C=CC(=O)Nc1ccc(Oc2ccc(F)cc2F)c(-c2cc(NC(=O)CC)c(=O)n(C)c2)c1. The van der Waals surface area contributed by atoms with E-state index in [4.69, 9.17) is 4.74 Å². The number of aromatic nitrogens is 1. The number of nitrogens with zero attached hydrogens (tertiary/aromatic N) is 1. The van der Waals surface area contributed by atoms with Crippen molar-refractivity contribution in [3.63, 3.8) is 0 Å². The Morgan fingerprint density at radius 3 is 2.48 bits per heavy atom. The Labute approximate surface area is 188 Å². The van der Waals surface area contributed by atoms with Gasteiger partial charge in [-0.2, -0.15) is 0 Å². The van der Waals surface area contributed by atoms with E-state index in [1.807, 2.05) is 0 Å². The van der Waals surface area contributed by atoms with Gasteiger partial charge in [0.1, 0.15) is 17.3 Å². The molecule has 3 rings (SSSR count). The molecule has 0 saturated heterocycles. The number of hydrogen-bond donors (Lipinski definition) is 2. The second-order valence-electron chi connectivity index (χ2n) is 7.04. The van der Waals surface area contributed by atoms with Crippen molar-refractivity contribution < 1.29 is 23.1 Å². The second kappa shape index (κ2) is 9.90. The van der Waals surface area contributed by atoms with Gasteiger partial charge in [0.2, 0.25) is 11.8 Å². The van der Waals surface area contributed by atoms with Crippen molar-refractivity contribution in [2.75, 3.05) is 10.6 Å². The number of ether oxygens (including phenoxy) is 1. The maximum Gasteiger partial charge on any atom is 0.274 e. The van der Waals surface area contributed by atoms with Crippen molar-refractivity contribution in [2.45, 2.75) is 13.3 Å². The minimum absolute atomic E-state index is 0.0429. The molecule has 0 aliphatic carbocycles. The molecule has 2 N–H and O–H groups in total. The molecular formula is C24H21F2N3O4. The summed E-state index contributed by atoms with van der Waals surface area (Å²) in [5.74, 6) is -2.50. The van der Waals surface area contributed by atoms with Gasteiger partial charge in [0.15, 0.2) is 11.6 Å². The Morgan fingerprint density at radius 1 is 1.09 bits per heavy atom. The lowest BCUT2D eigenvalue weighted by molar-refractivity contribution is -0.116. The van der Waals surface area contributed by atoms with Gasteiger partial charge < -0.3 is 19.9 Å². The molecule has 0 saturated carbocycles. The van der Waals surface area contributed by atoms with Gasteiger partial charge in [0.05, 0.1) is 0 Å². The van der Waals surface area contributed by atoms with E-state index in [0.717, 1.165) is 18.2 Å². The smallest absolute Gasteiger partial charge is 0.274 e. The van der Waals surface area contributed by atoms with Crippen molar-refractivity contribution in [3.05, 3.63) is 83.3 Å². The molecule has 0 bridgehead atoms. The highest BCUT2D eigenvalue weighted by atomic mass is 19.1. The van der Waals surface area contributed by atoms with Gasteiger partial charge in [0.25, 0.3) is 5.56 Å². The van der Waals surface area contributed by atoms with Crippen LogP contribution in [0.25, 0.3) is 11.1 Å². The largest absolute Gasteiger partial charge is 0.454 e. The van der Waals surface area contributed by atoms with Crippen LogP contribution in [0.4, 0.5) is 20.2 Å². The van der Waals surface area contributed by atoms with Crippen molar-refractivity contribution in [1.29, 1.82) is 0 Å². The topological polar surface area (TPSA) is 89.4 Å². The average Bonchev–Trinajstić information content (AvgIpc) is 2.79. The van der Waals surface area contributed by atoms with Gasteiger partial charge in [-0.1, -0.05) is 13.5 Å². The normalized spacial score (nSPS) is 10.4. The van der Waals surface area contributed by atoms with Crippen LogP contribution in [-0.4, -0.2) is 16.4 Å². The first-order valence-electron chi connectivity index (χ1n) is 9.93. The first kappa shape index (κ1) is 23.4. The zero-order valence-electron chi connectivity index (χ0n) is 17.9. The van der Waals surface area contributed by atoms with Gasteiger partial charge in [-0.3, -0.25) is 14.4 Å². The summed E-state index contributed by atoms with van der Waals surface area (Å²) in [5, 5.41) is 5.17. The van der Waals surface area contributed by atoms with E-state index in [1.165, 1.54) is 36.0 Å². The maximum absolute atomic E-state index is 14.2. The van der Waals surface area contributed by atoms with Crippen LogP contribution in [0, 0.1) is 11.6 Å². The Bertz CT molecular complexity index is 1300. The Hall–Kier alpha value is -4.27. The number of amides is 2. The molecule has 1 heterocycles. The average molecular weight is 453 g/mol. The monoisotopic (exact) mass is 453 g/mol. The number of halogens is 2. The first-order valence-corrected chi connectivity index (χ1v) is 9.93. The Kier molecular flexibility index (Phi) is 7.02. The lowest BCUT2D eigenvalue weighted by Crippen LogP contribution is -2.23. The number of nitrogens with one attached hydrogen (secondary N) is 2. The molecule has 9 heteroatoms. The highest BCUT2D eigenvalue weighted by Crippen LogP contribution is 2.37. The minimum Gasteiger partial charge on any atom is -0.454 e. The fourth-order valence-corrected chi connectivity index (χ4v) is 2.98. The molecule has 33 heavy (non-hydrogen) atoms. The van der Waals surface area contributed by atoms with Crippen LogP contribution < -0.4 is 20.9 Å². The van der Waals surface area contributed by atoms with Gasteiger partial charge >= 0.3 is 0 Å². The fourth-order valence-electron chi connectivity index (χ4n) is 2.98. The molecule has 0 spiro atoms. The summed E-state index contributed by atoms with van der Waals surface area (Å²) in [7, 11) is 1.51. The van der Waals surface area contributed by atoms with Crippen molar-refractivity contribution in [2.24, 2.45) is 7.05 Å². The molecule has 2 amide bonds. The van der Waals surface area contributed by atoms with Gasteiger partial charge in [-0.15, -0.1) is 0 Å². The molecule has 1 aromatic heterocycles. The summed E-state index contributed by atoms with van der Waals surface area (Å²) in [5.41, 5.74) is 0.818. The number of aryl methyl sites for hydroxylation is 1. The quantitative estimate of drug-likeness (QED) is 0.512. The summed E-state index contributed by atoms with van der Waals surface area (Å²) >= 11 is 0. The van der Waals surface area contributed by atoms with Gasteiger partial charge in [0, 0.05) is 42.5 Å². The number of carbonyl (C=O) groups is 2. The van der Waals surface area contributed by atoms with Crippen LogP contribution in [0.2, 0.25) is 0 Å². The van der Waals surface area contributed by atoms with Crippen molar-refractivity contribution in [3.8, 4) is 22.6 Å². The fraction of sp³-hybridized carbons (Fsp3) is 0.125. The number of benzene rings is 2. The van der Waals surface area contributed by atoms with Crippen LogP contribution in [0.5, 0.6) is 11.5 Å². The second-order valence-corrected chi connectivity index (χ2v) is 7.04. The van der Waals surface area contributed by atoms with Crippen LogP contribution in [0.3, 0.4) is 0 Å². The van der Waals surface area contributed by atoms with E-state index in [1.54, 1.807) is 13.0 Å². The van der Waals surface area contributed by atoms with Crippen LogP contribution in [-0.2, 0) is 16.6 Å². The predicted octanol–water partition coefficient (Wildman–Crippen LogP) is 4.60. The molecular weight excluding hydrogens is 432 g/mol. The molecule has 170 valence electrons. The molecule has 7 nitrogen and oxygen atoms in total. The highest BCUT2D eigenvalue weighted by Gasteiger charge is 2.16. The lowest BCUT2D eigenvalue weighted by atomic mass is 10.0. The summed E-state index contributed by atoms with van der Waals surface area (Å²) in [6.07, 6.45) is 2.78. The number of carbonyl (C=O) groups excluding carboxylic acids is 2. The van der Waals surface area contributed by atoms with Gasteiger partial charge in [-0.05, 0) is 42.5 Å². The van der Waals surface area contributed by atoms with Crippen molar-refractivity contribution >= 4 is 23.2 Å². The van der Waals surface area contributed by atoms with E-state index in [0.29, 0.717) is 22.9 Å². The van der Waals surface area contributed by atoms with E-state index in [9.17, 15) is 23.2 Å². The third-order valence-corrected chi connectivity index (χ3v) is 4.64. The Morgan fingerprint density at radius 2 is 1.82 bits per heavy atom. The number of pyridine rings is 1. The lowest BCUT2D eigenvalue weighted by Gasteiger charge is -2.16. The van der Waals surface area contributed by atoms with E-state index >= 15 is 0 Å². The molecule has 0 aliphatic rings. The third-order valence-electron chi connectivity index (χ3n) is 4.64. The van der Waals surface area contributed by atoms with E-state index < -0.39 is 23.1 Å². The van der Waals surface area contributed by atoms with Gasteiger partial charge in [-0.25, -0.2) is 8.78 Å². The molecule has 0 atom stereocenters. The van der Waals surface area contributed by atoms with Crippen LogP contribution >= 0.6 is 0 Å². The third kappa shape index (κ3) is 5.51. The standard InChI is InChI=1S/C24H21F2N3O4/c1-4-22(30)27-16-7-9-20(33-21-8-6-15(25)11-18(21)26)17(12-16)14-10-19(28-23(31)5-2)24(32)29(3)13-14/h4,6-13H,1,5H2,2-3H3,(H,27,30)(H,28,31). The molecule has 0 unspecified atom stereocenters. The molecule has 0 aliphatic heterocycles. The molecule has 0 radical (unpaired) electrons. The molecule has 2 aromatic carbocycles. The van der Waals surface area contributed by atoms with E-state index in [-0.39, 0.29) is 29.5 Å². The van der Waals surface area contributed by atoms with E-state index in [2.05, 4.69) is 17.2 Å². The zero-order valence-corrected chi connectivity index (χ0v) is 17.9. The number of hydrogen-bond acceptors (Lipinski definition) is 4. The summed E-state index contributed by atoms with van der Waals surface area (Å²) < 4.78 is 34.5. The minimum atomic E-state index is -0.902. The molecule has 3 aromatic rings. The number of anilines is 2. The maximum atomic E-state index is 14.2. The summed E-state index contributed by atoms with van der Waals surface area (Å²) in [6.45, 7) is 5.06. The summed E-state index contributed by atoms with van der Waals surface area (Å²) in [6, 6.07) is 8.94. The number of rotatable bonds is 7. The van der Waals surface area contributed by atoms with Crippen molar-refractivity contribution in [1.82, 2.24) is 4.57 Å². The zero-order chi connectivity index (χ0) is 24.1. The highest BCUT2D eigenvalue weighted by molar-refractivity contribution is 5.99. The summed E-state index contributed by atoms with van der Waals surface area (Å²) in [4.78, 5) is 36.1. The molecule has 0 fully saturated rings. The first-order chi connectivity index (χ1) is 15.7.